The zero-order valence-corrected chi connectivity index (χ0v) is 19.7. The Balaban J connectivity index is 1.83. The maximum atomic E-state index is 13.1. The third kappa shape index (κ3) is 4.39. The average molecular weight is 512 g/mol. The molecular formula is C25H22BrNO6. The number of nitrogens with zero attached hydrogens (tertiary/aromatic N) is 1. The first-order valence-corrected chi connectivity index (χ1v) is 11.1. The summed E-state index contributed by atoms with van der Waals surface area (Å²) in [6, 6.07) is 14.7. The Morgan fingerprint density at radius 3 is 2.52 bits per heavy atom. The van der Waals surface area contributed by atoms with E-state index in [1.165, 1.54) is 18.3 Å². The van der Waals surface area contributed by atoms with Gasteiger partial charge in [-0.2, -0.15) is 0 Å². The molecule has 4 rings (SSSR count). The van der Waals surface area contributed by atoms with Crippen LogP contribution in [0.3, 0.4) is 0 Å². The Morgan fingerprint density at radius 2 is 1.91 bits per heavy atom. The van der Waals surface area contributed by atoms with Crippen LogP contribution < -0.4 is 9.47 Å². The molecule has 33 heavy (non-hydrogen) atoms. The zero-order chi connectivity index (χ0) is 23.5. The normalized spacial score (nSPS) is 17.4. The molecule has 1 unspecified atom stereocenters. The average Bonchev–Trinajstić information content (AvgIpc) is 3.42. The molecule has 0 bridgehead atoms. The van der Waals surface area contributed by atoms with Gasteiger partial charge in [0.05, 0.1) is 42.6 Å². The minimum atomic E-state index is -0.799. The van der Waals surface area contributed by atoms with E-state index in [-0.39, 0.29) is 17.9 Å². The molecule has 0 radical (unpaired) electrons. The van der Waals surface area contributed by atoms with E-state index in [1.807, 2.05) is 6.92 Å². The number of methoxy groups -OCH3 is 1. The van der Waals surface area contributed by atoms with E-state index in [2.05, 4.69) is 15.9 Å². The fourth-order valence-electron chi connectivity index (χ4n) is 3.84. The number of hydrogen-bond donors (Lipinski definition) is 1. The lowest BCUT2D eigenvalue weighted by Gasteiger charge is -2.24. The summed E-state index contributed by atoms with van der Waals surface area (Å²) in [6.07, 6.45) is 1.51. The van der Waals surface area contributed by atoms with Crippen molar-refractivity contribution in [2.75, 3.05) is 13.7 Å². The fourth-order valence-corrected chi connectivity index (χ4v) is 4.38. The van der Waals surface area contributed by atoms with Crippen LogP contribution in [0.4, 0.5) is 0 Å². The molecule has 0 spiro atoms. The maximum Gasteiger partial charge on any atom is 0.296 e. The van der Waals surface area contributed by atoms with Gasteiger partial charge in [0, 0.05) is 5.56 Å². The Bertz CT molecular complexity index is 1200. The van der Waals surface area contributed by atoms with Crippen molar-refractivity contribution in [3.8, 4) is 11.5 Å². The maximum absolute atomic E-state index is 13.1. The van der Waals surface area contributed by atoms with Gasteiger partial charge in [-0.3, -0.25) is 9.59 Å². The summed E-state index contributed by atoms with van der Waals surface area (Å²) >= 11 is 3.40. The topological polar surface area (TPSA) is 89.2 Å². The number of benzene rings is 2. The third-order valence-corrected chi connectivity index (χ3v) is 6.00. The van der Waals surface area contributed by atoms with Gasteiger partial charge in [-0.15, -0.1) is 0 Å². The summed E-state index contributed by atoms with van der Waals surface area (Å²) in [5.74, 6) is 0.0399. The lowest BCUT2D eigenvalue weighted by molar-refractivity contribution is -0.140. The molecule has 2 heterocycles. The van der Waals surface area contributed by atoms with Crippen molar-refractivity contribution in [3.63, 3.8) is 0 Å². The van der Waals surface area contributed by atoms with Gasteiger partial charge in [0.2, 0.25) is 0 Å². The highest BCUT2D eigenvalue weighted by molar-refractivity contribution is 9.10. The second-order valence-electron chi connectivity index (χ2n) is 7.36. The van der Waals surface area contributed by atoms with Crippen molar-refractivity contribution in [2.24, 2.45) is 0 Å². The molecule has 3 aromatic rings. The quantitative estimate of drug-likeness (QED) is 0.270. The summed E-state index contributed by atoms with van der Waals surface area (Å²) in [6.45, 7) is 2.49. The summed E-state index contributed by atoms with van der Waals surface area (Å²) in [7, 11) is 1.53. The van der Waals surface area contributed by atoms with Crippen LogP contribution in [0.2, 0.25) is 0 Å². The van der Waals surface area contributed by atoms with Crippen LogP contribution in [0.5, 0.6) is 11.5 Å². The molecule has 1 atom stereocenters. The lowest BCUT2D eigenvalue weighted by atomic mass is 9.95. The number of halogens is 1. The summed E-state index contributed by atoms with van der Waals surface area (Å²) in [5, 5.41) is 11.2. The minimum Gasteiger partial charge on any atom is -0.507 e. The number of amides is 1. The van der Waals surface area contributed by atoms with E-state index >= 15 is 0 Å². The van der Waals surface area contributed by atoms with E-state index in [0.717, 1.165) is 0 Å². The Labute approximate surface area is 199 Å². The molecule has 1 aromatic heterocycles. The van der Waals surface area contributed by atoms with Crippen molar-refractivity contribution in [1.29, 1.82) is 0 Å². The van der Waals surface area contributed by atoms with Crippen LogP contribution in [0.1, 0.15) is 29.9 Å². The smallest absolute Gasteiger partial charge is 0.296 e. The van der Waals surface area contributed by atoms with E-state index in [9.17, 15) is 14.7 Å². The largest absolute Gasteiger partial charge is 0.507 e. The molecule has 8 heteroatoms. The standard InChI is InChI=1S/C25H22BrNO6/c1-3-32-17-9-6-15(7-10-17)22-21(23(28)16-8-11-20(31-2)19(26)13-16)24(29)25(30)27(22)14-18-5-4-12-33-18/h4-13,22,28H,3,14H2,1-2H3/b23-21-. The molecule has 1 aliphatic heterocycles. The molecule has 2 aromatic carbocycles. The first kappa shape index (κ1) is 22.7. The molecule has 0 aliphatic carbocycles. The number of hydrogen-bond acceptors (Lipinski definition) is 6. The van der Waals surface area contributed by atoms with Gasteiger partial charge < -0.3 is 23.9 Å². The number of Topliss-reactive ketones (excluding diaryl/α,β-unsaturated/α-hetero) is 1. The highest BCUT2D eigenvalue weighted by atomic mass is 79.9. The number of furan rings is 1. The first-order chi connectivity index (χ1) is 15.9. The van der Waals surface area contributed by atoms with Crippen LogP contribution in [0, 0.1) is 0 Å². The highest BCUT2D eigenvalue weighted by Crippen LogP contribution is 2.41. The van der Waals surface area contributed by atoms with Crippen molar-refractivity contribution in [3.05, 3.63) is 87.8 Å². The van der Waals surface area contributed by atoms with Gasteiger partial charge >= 0.3 is 0 Å². The number of carbonyl (C=O) groups excluding carboxylic acids is 2. The monoisotopic (exact) mass is 511 g/mol. The van der Waals surface area contributed by atoms with E-state index in [0.29, 0.717) is 39.5 Å². The lowest BCUT2D eigenvalue weighted by Crippen LogP contribution is -2.29. The number of aliphatic hydroxyl groups excluding tert-OH is 1. The van der Waals surface area contributed by atoms with Crippen molar-refractivity contribution >= 4 is 33.4 Å². The molecule has 170 valence electrons. The number of aliphatic hydroxyl groups is 1. The summed E-state index contributed by atoms with van der Waals surface area (Å²) in [4.78, 5) is 27.6. The number of ether oxygens (including phenoxy) is 2. The highest BCUT2D eigenvalue weighted by Gasteiger charge is 2.46. The fraction of sp³-hybridized carbons (Fsp3) is 0.200. The minimum absolute atomic E-state index is 0.00721. The third-order valence-electron chi connectivity index (χ3n) is 5.38. The molecule has 1 amide bonds. The number of ketones is 1. The predicted molar refractivity (Wildman–Crippen MR) is 125 cm³/mol. The van der Waals surface area contributed by atoms with Crippen molar-refractivity contribution in [1.82, 2.24) is 4.90 Å². The van der Waals surface area contributed by atoms with Crippen LogP contribution in [-0.4, -0.2) is 35.4 Å². The number of rotatable bonds is 7. The van der Waals surface area contributed by atoms with Gasteiger partial charge in [0.1, 0.15) is 23.0 Å². The Kier molecular flexibility index (Phi) is 6.55. The number of carbonyl (C=O) groups is 2. The Hall–Kier alpha value is -3.52. The molecule has 0 saturated carbocycles. The van der Waals surface area contributed by atoms with Crippen molar-refractivity contribution in [2.45, 2.75) is 19.5 Å². The van der Waals surface area contributed by atoms with Crippen molar-refractivity contribution < 1.29 is 28.6 Å². The van der Waals surface area contributed by atoms with Gasteiger partial charge in [-0.05, 0) is 70.9 Å². The summed E-state index contributed by atoms with van der Waals surface area (Å²) in [5.41, 5.74) is 1.06. The van der Waals surface area contributed by atoms with Crippen LogP contribution in [-0.2, 0) is 16.1 Å². The van der Waals surface area contributed by atoms with E-state index < -0.39 is 17.7 Å². The van der Waals surface area contributed by atoms with E-state index in [1.54, 1.807) is 54.6 Å². The molecule has 7 nitrogen and oxygen atoms in total. The van der Waals surface area contributed by atoms with Gasteiger partial charge in [-0.1, -0.05) is 12.1 Å². The molecule has 1 saturated heterocycles. The first-order valence-electron chi connectivity index (χ1n) is 10.3. The second-order valence-corrected chi connectivity index (χ2v) is 8.21. The predicted octanol–water partition coefficient (Wildman–Crippen LogP) is 5.07. The van der Waals surface area contributed by atoms with Crippen LogP contribution >= 0.6 is 15.9 Å². The van der Waals surface area contributed by atoms with Gasteiger partial charge in [0.15, 0.2) is 0 Å². The molecule has 1 fully saturated rings. The second kappa shape index (κ2) is 9.54. The molecule has 1 N–H and O–H groups in total. The number of likely N-dealkylation sites (tertiary alicyclic amines) is 1. The molecular weight excluding hydrogens is 490 g/mol. The van der Waals surface area contributed by atoms with Gasteiger partial charge in [-0.25, -0.2) is 0 Å². The van der Waals surface area contributed by atoms with Crippen LogP contribution in [0.15, 0.2) is 75.3 Å². The van der Waals surface area contributed by atoms with Gasteiger partial charge in [0.25, 0.3) is 11.7 Å². The van der Waals surface area contributed by atoms with E-state index in [4.69, 9.17) is 13.9 Å². The Morgan fingerprint density at radius 1 is 1.15 bits per heavy atom. The SMILES string of the molecule is CCOc1ccc(C2/C(=C(/O)c3ccc(OC)c(Br)c3)C(=O)C(=O)N2Cc2ccco2)cc1. The summed E-state index contributed by atoms with van der Waals surface area (Å²) < 4.78 is 16.8. The van der Waals surface area contributed by atoms with Crippen LogP contribution in [0.25, 0.3) is 5.76 Å². The zero-order valence-electron chi connectivity index (χ0n) is 18.1. The molecule has 1 aliphatic rings.